The van der Waals surface area contributed by atoms with Crippen LogP contribution in [0.5, 0.6) is 0 Å². The first-order valence-electron chi connectivity index (χ1n) is 6.71. The predicted molar refractivity (Wildman–Crippen MR) is 71.0 cm³/mol. The number of nitrogens with one attached hydrogen (secondary N) is 2. The predicted octanol–water partition coefficient (Wildman–Crippen LogP) is -0.106. The molecule has 3 N–H and O–H groups in total. The first-order chi connectivity index (χ1) is 9.22. The highest BCUT2D eigenvalue weighted by Gasteiger charge is 2.51. The lowest BCUT2D eigenvalue weighted by atomic mass is 10.0. The van der Waals surface area contributed by atoms with Crippen LogP contribution in [0.1, 0.15) is 34.1 Å². The Balaban J connectivity index is 2.58. The molecule has 3 atom stereocenters. The monoisotopic (exact) mass is 286 g/mol. The molecule has 0 spiro atoms. The Labute approximate surface area is 118 Å². The fourth-order valence-corrected chi connectivity index (χ4v) is 1.84. The van der Waals surface area contributed by atoms with Crippen LogP contribution in [0.2, 0.25) is 0 Å². The minimum atomic E-state index is -1.17. The van der Waals surface area contributed by atoms with E-state index in [0.717, 1.165) is 0 Å². The van der Waals surface area contributed by atoms with Crippen molar-refractivity contribution < 1.29 is 24.2 Å². The van der Waals surface area contributed by atoms with Gasteiger partial charge in [-0.1, -0.05) is 13.8 Å². The summed E-state index contributed by atoms with van der Waals surface area (Å²) in [6.07, 6.45) is -1.61. The maximum Gasteiger partial charge on any atom is 0.336 e. The van der Waals surface area contributed by atoms with Crippen LogP contribution in [-0.4, -0.2) is 47.2 Å². The lowest BCUT2D eigenvalue weighted by molar-refractivity contribution is -0.138. The molecule has 1 heterocycles. The Morgan fingerprint density at radius 3 is 2.10 bits per heavy atom. The van der Waals surface area contributed by atoms with Gasteiger partial charge < -0.3 is 20.5 Å². The summed E-state index contributed by atoms with van der Waals surface area (Å²) < 4.78 is 4.76. The Hall–Kier alpha value is -1.63. The Kier molecular flexibility index (Phi) is 5.50. The minimum absolute atomic E-state index is 0.0296. The summed E-state index contributed by atoms with van der Waals surface area (Å²) in [6.45, 7) is 7.54. The van der Waals surface area contributed by atoms with Crippen LogP contribution in [0.15, 0.2) is 0 Å². The maximum atomic E-state index is 12.0. The van der Waals surface area contributed by atoms with Crippen molar-refractivity contribution in [3.8, 4) is 0 Å². The summed E-state index contributed by atoms with van der Waals surface area (Å²) >= 11 is 0. The largest absolute Gasteiger partial charge is 0.479 e. The van der Waals surface area contributed by atoms with Crippen molar-refractivity contribution in [2.75, 3.05) is 0 Å². The molecule has 0 aliphatic carbocycles. The van der Waals surface area contributed by atoms with E-state index in [2.05, 4.69) is 10.6 Å². The third-order valence-corrected chi connectivity index (χ3v) is 2.76. The van der Waals surface area contributed by atoms with Crippen LogP contribution in [0, 0.1) is 5.92 Å². The average Bonchev–Trinajstić information content (AvgIpc) is 3.06. The summed E-state index contributed by atoms with van der Waals surface area (Å²) in [6, 6.07) is -0.707. The summed E-state index contributed by atoms with van der Waals surface area (Å²) in [4.78, 5) is 34.5. The van der Waals surface area contributed by atoms with E-state index in [4.69, 9.17) is 9.84 Å². The number of carbonyl (C=O) groups is 3. The minimum Gasteiger partial charge on any atom is -0.479 e. The van der Waals surface area contributed by atoms with E-state index in [1.165, 1.54) is 0 Å². The molecular formula is C13H22N2O5. The molecule has 1 aliphatic rings. The van der Waals surface area contributed by atoms with Gasteiger partial charge in [0.05, 0.1) is 0 Å². The fraction of sp³-hybridized carbons (Fsp3) is 0.769. The molecule has 0 aromatic heterocycles. The first-order valence-corrected chi connectivity index (χ1v) is 6.71. The number of rotatable bonds is 7. The van der Waals surface area contributed by atoms with Gasteiger partial charge in [-0.05, 0) is 26.2 Å². The van der Waals surface area contributed by atoms with Crippen LogP contribution < -0.4 is 10.6 Å². The topological polar surface area (TPSA) is 108 Å². The lowest BCUT2D eigenvalue weighted by Gasteiger charge is -2.21. The molecule has 1 fully saturated rings. The summed E-state index contributed by atoms with van der Waals surface area (Å²) in [7, 11) is 0. The van der Waals surface area contributed by atoms with E-state index < -0.39 is 30.1 Å². The molecule has 7 nitrogen and oxygen atoms in total. The van der Waals surface area contributed by atoms with Crippen molar-refractivity contribution in [2.45, 2.75) is 58.4 Å². The summed E-state index contributed by atoms with van der Waals surface area (Å²) in [5, 5.41) is 14.0. The molecule has 20 heavy (non-hydrogen) atoms. The van der Waals surface area contributed by atoms with Crippen LogP contribution >= 0.6 is 0 Å². The highest BCUT2D eigenvalue weighted by molar-refractivity contribution is 5.95. The van der Waals surface area contributed by atoms with Gasteiger partial charge in [-0.25, -0.2) is 4.79 Å². The van der Waals surface area contributed by atoms with E-state index in [1.807, 2.05) is 27.7 Å². The van der Waals surface area contributed by atoms with Gasteiger partial charge in [0.2, 0.25) is 5.91 Å². The SMILES string of the molecule is CC(C)C[C@H](NC(=O)[C@H]1O[C@@H]1C(=O)O)C(=O)NC(C)C. The zero-order valence-electron chi connectivity index (χ0n) is 12.2. The molecule has 0 saturated carbocycles. The lowest BCUT2D eigenvalue weighted by Crippen LogP contribution is -2.50. The third kappa shape index (κ3) is 4.80. The number of carbonyl (C=O) groups excluding carboxylic acids is 2. The maximum absolute atomic E-state index is 12.0. The van der Waals surface area contributed by atoms with Gasteiger partial charge >= 0.3 is 5.97 Å². The summed E-state index contributed by atoms with van der Waals surface area (Å²) in [5.74, 6) is -1.78. The standard InChI is InChI=1S/C13H22N2O5/c1-6(2)5-8(11(16)14-7(3)4)15-12(17)9-10(20-9)13(18)19/h6-10H,5H2,1-4H3,(H,14,16)(H,15,17)(H,18,19)/t8-,9-,10-/m0/s1. The second kappa shape index (κ2) is 6.69. The molecular weight excluding hydrogens is 264 g/mol. The van der Waals surface area contributed by atoms with Crippen LogP contribution in [0.4, 0.5) is 0 Å². The van der Waals surface area contributed by atoms with E-state index in [9.17, 15) is 14.4 Å². The zero-order valence-corrected chi connectivity index (χ0v) is 12.2. The molecule has 0 unspecified atom stereocenters. The molecule has 2 amide bonds. The van der Waals surface area contributed by atoms with Gasteiger partial charge in [0.25, 0.3) is 5.91 Å². The molecule has 7 heteroatoms. The normalized spacial score (nSPS) is 22.5. The van der Waals surface area contributed by atoms with Crippen molar-refractivity contribution in [1.82, 2.24) is 10.6 Å². The van der Waals surface area contributed by atoms with Crippen molar-refractivity contribution in [3.63, 3.8) is 0 Å². The number of carboxylic acid groups (broad SMARTS) is 1. The number of carboxylic acids is 1. The van der Waals surface area contributed by atoms with Gasteiger partial charge in [-0.3, -0.25) is 9.59 Å². The van der Waals surface area contributed by atoms with Gasteiger partial charge in [-0.2, -0.15) is 0 Å². The molecule has 114 valence electrons. The highest BCUT2D eigenvalue weighted by Crippen LogP contribution is 2.22. The highest BCUT2D eigenvalue weighted by atomic mass is 16.6. The molecule has 1 saturated heterocycles. The van der Waals surface area contributed by atoms with Crippen LogP contribution in [-0.2, 0) is 19.1 Å². The number of epoxide rings is 1. The third-order valence-electron chi connectivity index (χ3n) is 2.76. The molecule has 0 aromatic carbocycles. The number of amides is 2. The molecule has 0 aromatic rings. The quantitative estimate of drug-likeness (QED) is 0.566. The molecule has 0 bridgehead atoms. The molecule has 1 rings (SSSR count). The Morgan fingerprint density at radius 2 is 1.70 bits per heavy atom. The second-order valence-corrected chi connectivity index (χ2v) is 5.67. The van der Waals surface area contributed by atoms with Gasteiger partial charge in [0.1, 0.15) is 6.04 Å². The fourth-order valence-electron chi connectivity index (χ4n) is 1.84. The second-order valence-electron chi connectivity index (χ2n) is 5.67. The molecule has 0 radical (unpaired) electrons. The average molecular weight is 286 g/mol. The molecule has 1 aliphatic heterocycles. The number of hydrogen-bond donors (Lipinski definition) is 3. The first kappa shape index (κ1) is 16.4. The van der Waals surface area contributed by atoms with Crippen molar-refractivity contribution in [3.05, 3.63) is 0 Å². The van der Waals surface area contributed by atoms with Gasteiger partial charge in [0.15, 0.2) is 12.2 Å². The summed E-state index contributed by atoms with van der Waals surface area (Å²) in [5.41, 5.74) is 0. The Morgan fingerprint density at radius 1 is 1.10 bits per heavy atom. The number of ether oxygens (including phenoxy) is 1. The Bertz CT molecular complexity index is 394. The van der Waals surface area contributed by atoms with Crippen LogP contribution in [0.3, 0.4) is 0 Å². The van der Waals surface area contributed by atoms with E-state index in [0.29, 0.717) is 6.42 Å². The van der Waals surface area contributed by atoms with E-state index in [-0.39, 0.29) is 17.9 Å². The van der Waals surface area contributed by atoms with E-state index in [1.54, 1.807) is 0 Å². The zero-order chi connectivity index (χ0) is 15.4. The number of hydrogen-bond acceptors (Lipinski definition) is 4. The van der Waals surface area contributed by atoms with Gasteiger partial charge in [0, 0.05) is 6.04 Å². The smallest absolute Gasteiger partial charge is 0.336 e. The van der Waals surface area contributed by atoms with E-state index >= 15 is 0 Å². The van der Waals surface area contributed by atoms with Gasteiger partial charge in [-0.15, -0.1) is 0 Å². The van der Waals surface area contributed by atoms with Crippen molar-refractivity contribution in [1.29, 1.82) is 0 Å². The van der Waals surface area contributed by atoms with Crippen LogP contribution in [0.25, 0.3) is 0 Å². The van der Waals surface area contributed by atoms with Crippen molar-refractivity contribution >= 4 is 17.8 Å². The van der Waals surface area contributed by atoms with Crippen molar-refractivity contribution in [2.24, 2.45) is 5.92 Å². The number of aliphatic carboxylic acids is 1.